The van der Waals surface area contributed by atoms with Crippen LogP contribution in [0, 0.1) is 0 Å². The standard InChI is InChI=1S/C25H30F6N2O3/c1-5-9-32(10-6-2)22-8-7-20(36-4)14-21(22)16(3)33(23(34)35)15-17-11-18(24(26,27)28)13-19(12-17)25(29,30)31/h7-8,11-14,16H,5-6,9-10,15H2,1-4H3,(H,34,35). The number of hydrogen-bond donors (Lipinski definition) is 1. The number of nitrogens with zero attached hydrogens (tertiary/aromatic N) is 2. The molecule has 36 heavy (non-hydrogen) atoms. The summed E-state index contributed by atoms with van der Waals surface area (Å²) in [4.78, 5) is 15.1. The van der Waals surface area contributed by atoms with E-state index in [4.69, 9.17) is 4.74 Å². The van der Waals surface area contributed by atoms with Crippen molar-refractivity contribution in [1.82, 2.24) is 4.90 Å². The monoisotopic (exact) mass is 520 g/mol. The van der Waals surface area contributed by atoms with E-state index in [0.29, 0.717) is 36.5 Å². The maximum absolute atomic E-state index is 13.3. The third-order valence-corrected chi connectivity index (χ3v) is 5.73. The Morgan fingerprint density at radius 2 is 1.47 bits per heavy atom. The smallest absolute Gasteiger partial charge is 0.416 e. The molecule has 1 N–H and O–H groups in total. The average Bonchev–Trinajstić information content (AvgIpc) is 2.80. The molecule has 2 rings (SSSR count). The molecule has 0 bridgehead atoms. The lowest BCUT2D eigenvalue weighted by Crippen LogP contribution is -2.34. The number of ether oxygens (including phenoxy) is 1. The van der Waals surface area contributed by atoms with E-state index in [1.807, 2.05) is 13.8 Å². The molecule has 1 atom stereocenters. The number of carboxylic acid groups (broad SMARTS) is 1. The highest BCUT2D eigenvalue weighted by molar-refractivity contribution is 5.67. The van der Waals surface area contributed by atoms with Gasteiger partial charge in [-0.05, 0) is 61.7 Å². The molecule has 1 unspecified atom stereocenters. The van der Waals surface area contributed by atoms with Gasteiger partial charge in [-0.3, -0.25) is 4.90 Å². The molecule has 1 amide bonds. The van der Waals surface area contributed by atoms with Gasteiger partial charge in [0.05, 0.1) is 24.3 Å². The number of amides is 1. The highest BCUT2D eigenvalue weighted by Crippen LogP contribution is 2.38. The molecule has 0 aromatic heterocycles. The molecule has 0 aliphatic rings. The Kier molecular flexibility index (Phi) is 9.51. The molecule has 11 heteroatoms. The van der Waals surface area contributed by atoms with Crippen molar-refractivity contribution in [1.29, 1.82) is 0 Å². The van der Waals surface area contributed by atoms with Crippen LogP contribution in [0.2, 0.25) is 0 Å². The van der Waals surface area contributed by atoms with Crippen molar-refractivity contribution in [2.24, 2.45) is 0 Å². The zero-order chi connectivity index (χ0) is 27.3. The summed E-state index contributed by atoms with van der Waals surface area (Å²) in [6.07, 6.45) is -9.92. The summed E-state index contributed by atoms with van der Waals surface area (Å²) in [6.45, 7) is 6.20. The Labute approximate surface area is 206 Å². The minimum atomic E-state index is -5.03. The minimum Gasteiger partial charge on any atom is -0.497 e. The normalized spacial score (nSPS) is 12.8. The zero-order valence-corrected chi connectivity index (χ0v) is 20.5. The van der Waals surface area contributed by atoms with Crippen molar-refractivity contribution in [3.8, 4) is 5.75 Å². The van der Waals surface area contributed by atoms with Crippen molar-refractivity contribution in [3.05, 3.63) is 58.7 Å². The molecular formula is C25H30F6N2O3. The minimum absolute atomic E-state index is 0.0194. The number of carbonyl (C=O) groups is 1. The van der Waals surface area contributed by atoms with Crippen LogP contribution in [-0.4, -0.2) is 36.3 Å². The van der Waals surface area contributed by atoms with Crippen LogP contribution < -0.4 is 9.64 Å². The first kappa shape index (κ1) is 29.1. The van der Waals surface area contributed by atoms with Gasteiger partial charge in [0.2, 0.25) is 0 Å². The SMILES string of the molecule is CCCN(CCC)c1ccc(OC)cc1C(C)N(Cc1cc(C(F)(F)F)cc(C(F)(F)F)c1)C(=O)O. The van der Waals surface area contributed by atoms with Gasteiger partial charge in [-0.1, -0.05) is 13.8 Å². The summed E-state index contributed by atoms with van der Waals surface area (Å²) in [5, 5.41) is 9.92. The van der Waals surface area contributed by atoms with Gasteiger partial charge in [-0.15, -0.1) is 0 Å². The van der Waals surface area contributed by atoms with Crippen LogP contribution in [0.25, 0.3) is 0 Å². The number of hydrogen-bond acceptors (Lipinski definition) is 3. The largest absolute Gasteiger partial charge is 0.497 e. The number of benzene rings is 2. The molecule has 0 radical (unpaired) electrons. The lowest BCUT2D eigenvalue weighted by molar-refractivity contribution is -0.143. The van der Waals surface area contributed by atoms with Crippen molar-refractivity contribution in [2.75, 3.05) is 25.1 Å². The van der Waals surface area contributed by atoms with Crippen LogP contribution in [0.4, 0.5) is 36.8 Å². The summed E-state index contributed by atoms with van der Waals surface area (Å²) in [6, 6.07) is 5.34. The predicted molar refractivity (Wildman–Crippen MR) is 124 cm³/mol. The Bertz CT molecular complexity index is 1000. The number of rotatable bonds is 10. The summed E-state index contributed by atoms with van der Waals surface area (Å²) in [5.41, 5.74) is -2.16. The molecule has 0 saturated carbocycles. The molecule has 0 aliphatic carbocycles. The number of methoxy groups -OCH3 is 1. The Morgan fingerprint density at radius 3 is 1.89 bits per heavy atom. The van der Waals surface area contributed by atoms with Gasteiger partial charge >= 0.3 is 18.4 Å². The molecule has 2 aromatic carbocycles. The third kappa shape index (κ3) is 7.20. The van der Waals surface area contributed by atoms with Crippen LogP contribution in [-0.2, 0) is 18.9 Å². The summed E-state index contributed by atoms with van der Waals surface area (Å²) in [5.74, 6) is 0.442. The third-order valence-electron chi connectivity index (χ3n) is 5.73. The highest BCUT2D eigenvalue weighted by atomic mass is 19.4. The van der Waals surface area contributed by atoms with Crippen LogP contribution in [0.1, 0.15) is 61.9 Å². The number of alkyl halides is 6. The van der Waals surface area contributed by atoms with E-state index in [1.54, 1.807) is 25.1 Å². The Hall–Kier alpha value is -3.11. The van der Waals surface area contributed by atoms with Gasteiger partial charge in [0, 0.05) is 30.9 Å². The Balaban J connectivity index is 2.59. The quantitative estimate of drug-likeness (QED) is 0.328. The van der Waals surface area contributed by atoms with Crippen molar-refractivity contribution in [2.45, 2.75) is 58.6 Å². The average molecular weight is 521 g/mol. The fourth-order valence-corrected chi connectivity index (χ4v) is 4.02. The molecule has 0 heterocycles. The van der Waals surface area contributed by atoms with Crippen molar-refractivity contribution < 1.29 is 41.0 Å². The van der Waals surface area contributed by atoms with E-state index in [-0.39, 0.29) is 6.07 Å². The van der Waals surface area contributed by atoms with Crippen molar-refractivity contribution in [3.63, 3.8) is 0 Å². The molecular weight excluding hydrogens is 490 g/mol. The predicted octanol–water partition coefficient (Wildman–Crippen LogP) is 7.60. The number of anilines is 1. The molecule has 2 aromatic rings. The summed E-state index contributed by atoms with van der Waals surface area (Å²) >= 11 is 0. The van der Waals surface area contributed by atoms with Gasteiger partial charge < -0.3 is 14.7 Å². The van der Waals surface area contributed by atoms with E-state index < -0.39 is 47.7 Å². The Morgan fingerprint density at radius 1 is 0.944 bits per heavy atom. The van der Waals surface area contributed by atoms with Gasteiger partial charge in [-0.25, -0.2) is 4.79 Å². The second-order valence-electron chi connectivity index (χ2n) is 8.41. The van der Waals surface area contributed by atoms with Gasteiger partial charge in [0.1, 0.15) is 5.75 Å². The maximum atomic E-state index is 13.3. The van der Waals surface area contributed by atoms with E-state index >= 15 is 0 Å². The summed E-state index contributed by atoms with van der Waals surface area (Å²) in [7, 11) is 1.44. The lowest BCUT2D eigenvalue weighted by Gasteiger charge is -2.33. The molecule has 0 saturated heterocycles. The lowest BCUT2D eigenvalue weighted by atomic mass is 10.0. The molecule has 200 valence electrons. The maximum Gasteiger partial charge on any atom is 0.416 e. The summed E-state index contributed by atoms with van der Waals surface area (Å²) < 4.78 is 85.1. The zero-order valence-electron chi connectivity index (χ0n) is 20.5. The molecule has 0 fully saturated rings. The first-order valence-electron chi connectivity index (χ1n) is 11.4. The van der Waals surface area contributed by atoms with Gasteiger partial charge in [0.15, 0.2) is 0 Å². The van der Waals surface area contributed by atoms with Crippen LogP contribution in [0.3, 0.4) is 0 Å². The van der Waals surface area contributed by atoms with Crippen LogP contribution in [0.15, 0.2) is 36.4 Å². The fraction of sp³-hybridized carbons (Fsp3) is 0.480. The topological polar surface area (TPSA) is 53.0 Å². The molecule has 5 nitrogen and oxygen atoms in total. The highest BCUT2D eigenvalue weighted by Gasteiger charge is 2.37. The van der Waals surface area contributed by atoms with Crippen LogP contribution in [0.5, 0.6) is 5.75 Å². The van der Waals surface area contributed by atoms with Gasteiger partial charge in [0.25, 0.3) is 0 Å². The van der Waals surface area contributed by atoms with Crippen LogP contribution >= 0.6 is 0 Å². The molecule has 0 aliphatic heterocycles. The van der Waals surface area contributed by atoms with E-state index in [0.717, 1.165) is 23.4 Å². The van der Waals surface area contributed by atoms with E-state index in [2.05, 4.69) is 4.90 Å². The first-order valence-corrected chi connectivity index (χ1v) is 11.4. The van der Waals surface area contributed by atoms with Crippen molar-refractivity contribution >= 4 is 11.8 Å². The number of halogens is 6. The van der Waals surface area contributed by atoms with E-state index in [1.165, 1.54) is 7.11 Å². The second kappa shape index (κ2) is 11.7. The second-order valence-corrected chi connectivity index (χ2v) is 8.41. The van der Waals surface area contributed by atoms with E-state index in [9.17, 15) is 36.2 Å². The van der Waals surface area contributed by atoms with Gasteiger partial charge in [-0.2, -0.15) is 26.3 Å². The fourth-order valence-electron chi connectivity index (χ4n) is 4.02. The first-order chi connectivity index (χ1) is 16.7. The molecule has 0 spiro atoms.